The monoisotopic (exact) mass is 267 g/mol. The van der Waals surface area contributed by atoms with Crippen molar-refractivity contribution in [3.8, 4) is 0 Å². The molecule has 0 aromatic rings. The fourth-order valence-electron chi connectivity index (χ4n) is 2.36. The van der Waals surface area contributed by atoms with Crippen molar-refractivity contribution in [1.29, 1.82) is 0 Å². The van der Waals surface area contributed by atoms with Gasteiger partial charge in [-0.05, 0) is 38.2 Å². The molecule has 0 saturated heterocycles. The fourth-order valence-corrected chi connectivity index (χ4v) is 2.36. The first-order valence-electron chi connectivity index (χ1n) is 7.51. The quantitative estimate of drug-likeness (QED) is 0.423. The fraction of sp³-hybridized carbons (Fsp3) is 0.750. The number of ether oxygens (including phenoxy) is 1. The van der Waals surface area contributed by atoms with Crippen LogP contribution in [0.3, 0.4) is 0 Å². The van der Waals surface area contributed by atoms with Crippen molar-refractivity contribution in [2.75, 3.05) is 13.7 Å². The van der Waals surface area contributed by atoms with E-state index in [1.807, 2.05) is 19.9 Å². The highest BCUT2D eigenvalue weighted by Gasteiger charge is 2.14. The molecule has 0 aliphatic heterocycles. The molecule has 1 aliphatic rings. The van der Waals surface area contributed by atoms with E-state index in [-0.39, 0.29) is 0 Å². The molecule has 1 N–H and O–H groups in total. The molecule has 1 rings (SSSR count). The number of allylic oxidation sites excluding steroid dienone is 3. The molecule has 0 aromatic carbocycles. The highest BCUT2D eigenvalue weighted by molar-refractivity contribution is 5.19. The second-order valence-electron chi connectivity index (χ2n) is 5.45. The lowest BCUT2D eigenvalue weighted by molar-refractivity contribution is 0.121. The molecule has 110 valence electrons. The van der Waals surface area contributed by atoms with Gasteiger partial charge in [0.25, 0.3) is 0 Å². The highest BCUT2D eigenvalue weighted by Crippen LogP contribution is 2.25. The summed E-state index contributed by atoms with van der Waals surface area (Å²) in [5.41, 5.74) is 3.87. The van der Waals surface area contributed by atoms with E-state index in [2.05, 4.69) is 12.4 Å². The summed E-state index contributed by atoms with van der Waals surface area (Å²) in [7, 11) is 1.77. The van der Waals surface area contributed by atoms with E-state index in [1.54, 1.807) is 7.05 Å². The molecular formula is C16H29NO2. The Balaban J connectivity index is 2.53. The molecule has 1 fully saturated rings. The van der Waals surface area contributed by atoms with Crippen molar-refractivity contribution in [1.82, 2.24) is 5.48 Å². The molecule has 3 heteroatoms. The van der Waals surface area contributed by atoms with Crippen LogP contribution < -0.4 is 5.48 Å². The van der Waals surface area contributed by atoms with Crippen LogP contribution in [0, 0.1) is 5.92 Å². The number of nitrogens with one attached hydrogen (secondary N) is 1. The normalized spacial score (nSPS) is 17.2. The zero-order valence-corrected chi connectivity index (χ0v) is 12.9. The first-order chi connectivity index (χ1) is 9.17. The molecule has 19 heavy (non-hydrogen) atoms. The first-order valence-corrected chi connectivity index (χ1v) is 7.51. The van der Waals surface area contributed by atoms with E-state index in [9.17, 15) is 0 Å². The summed E-state index contributed by atoms with van der Waals surface area (Å²) < 4.78 is 5.98. The molecule has 1 aliphatic carbocycles. The second-order valence-corrected chi connectivity index (χ2v) is 5.45. The van der Waals surface area contributed by atoms with Gasteiger partial charge in [0, 0.05) is 19.5 Å². The van der Waals surface area contributed by atoms with Gasteiger partial charge in [0.15, 0.2) is 0 Å². The van der Waals surface area contributed by atoms with E-state index >= 15 is 0 Å². The van der Waals surface area contributed by atoms with E-state index < -0.39 is 0 Å². The minimum atomic E-state index is 0.740. The maximum Gasteiger partial charge on any atom is 0.149 e. The summed E-state index contributed by atoms with van der Waals surface area (Å²) in [5.74, 6) is 2.60. The molecular weight excluding hydrogens is 238 g/mol. The van der Waals surface area contributed by atoms with Gasteiger partial charge < -0.3 is 9.57 Å². The lowest BCUT2D eigenvalue weighted by atomic mass is 9.90. The van der Waals surface area contributed by atoms with Gasteiger partial charge in [-0.1, -0.05) is 26.2 Å². The Kier molecular flexibility index (Phi) is 7.65. The molecule has 0 spiro atoms. The Hall–Kier alpha value is -0.960. The number of hydroxylamine groups is 1. The van der Waals surface area contributed by atoms with Crippen molar-refractivity contribution >= 4 is 0 Å². The number of hydrogen-bond acceptors (Lipinski definition) is 3. The third kappa shape index (κ3) is 6.15. The summed E-state index contributed by atoms with van der Waals surface area (Å²) in [4.78, 5) is 5.40. The van der Waals surface area contributed by atoms with Crippen molar-refractivity contribution in [3.63, 3.8) is 0 Å². The van der Waals surface area contributed by atoms with Crippen LogP contribution in [0.25, 0.3) is 0 Å². The largest absolute Gasteiger partial charge is 0.498 e. The molecule has 0 unspecified atom stereocenters. The standard InChI is InChI=1S/C16H29NO2/c1-5-15(11-16(13(2)3)19-17-4)18-12-14-9-7-6-8-10-14/h11,14,17H,5-10,12H2,1-4H3/b15-11+. The van der Waals surface area contributed by atoms with Crippen LogP contribution in [-0.2, 0) is 9.57 Å². The number of rotatable bonds is 7. The summed E-state index contributed by atoms with van der Waals surface area (Å²) in [6, 6.07) is 0. The van der Waals surface area contributed by atoms with Gasteiger partial charge in [-0.3, -0.25) is 0 Å². The molecule has 0 bridgehead atoms. The van der Waals surface area contributed by atoms with Gasteiger partial charge in [0.2, 0.25) is 0 Å². The molecule has 0 amide bonds. The van der Waals surface area contributed by atoms with Gasteiger partial charge in [-0.25, -0.2) is 0 Å². The molecule has 3 nitrogen and oxygen atoms in total. The van der Waals surface area contributed by atoms with Crippen molar-refractivity contribution in [3.05, 3.63) is 23.2 Å². The summed E-state index contributed by atoms with van der Waals surface area (Å²) in [5, 5.41) is 0. The highest BCUT2D eigenvalue weighted by atomic mass is 16.6. The third-order valence-electron chi connectivity index (χ3n) is 3.57. The summed E-state index contributed by atoms with van der Waals surface area (Å²) in [6.45, 7) is 7.05. The molecule has 1 saturated carbocycles. The van der Waals surface area contributed by atoms with Crippen LogP contribution in [0.1, 0.15) is 59.3 Å². The Labute approximate surface area is 118 Å². The minimum Gasteiger partial charge on any atom is -0.498 e. The smallest absolute Gasteiger partial charge is 0.149 e. The van der Waals surface area contributed by atoms with E-state index in [0.717, 1.165) is 36.0 Å². The minimum absolute atomic E-state index is 0.740. The van der Waals surface area contributed by atoms with Gasteiger partial charge in [0.1, 0.15) is 5.76 Å². The van der Waals surface area contributed by atoms with Crippen LogP contribution in [0.4, 0.5) is 0 Å². The molecule has 0 radical (unpaired) electrons. The van der Waals surface area contributed by atoms with E-state index in [0.29, 0.717) is 0 Å². The van der Waals surface area contributed by atoms with Crippen LogP contribution in [-0.4, -0.2) is 13.7 Å². The predicted molar refractivity (Wildman–Crippen MR) is 79.4 cm³/mol. The number of hydrogen-bond donors (Lipinski definition) is 1. The van der Waals surface area contributed by atoms with Crippen LogP contribution in [0.2, 0.25) is 0 Å². The van der Waals surface area contributed by atoms with Crippen LogP contribution >= 0.6 is 0 Å². The Morgan fingerprint density at radius 2 is 1.89 bits per heavy atom. The second kappa shape index (κ2) is 9.03. The Morgan fingerprint density at radius 1 is 1.21 bits per heavy atom. The Morgan fingerprint density at radius 3 is 2.42 bits per heavy atom. The lowest BCUT2D eigenvalue weighted by Crippen LogP contribution is -2.13. The molecule has 0 heterocycles. The van der Waals surface area contributed by atoms with E-state index in [1.165, 1.54) is 32.1 Å². The zero-order chi connectivity index (χ0) is 14.1. The van der Waals surface area contributed by atoms with Crippen LogP contribution in [0.5, 0.6) is 0 Å². The first kappa shape index (κ1) is 16.1. The van der Waals surface area contributed by atoms with Gasteiger partial charge in [0.05, 0.1) is 12.4 Å². The van der Waals surface area contributed by atoms with E-state index in [4.69, 9.17) is 9.57 Å². The van der Waals surface area contributed by atoms with Crippen LogP contribution in [0.15, 0.2) is 23.2 Å². The Bertz CT molecular complexity index is 311. The summed E-state index contributed by atoms with van der Waals surface area (Å²) >= 11 is 0. The van der Waals surface area contributed by atoms with Gasteiger partial charge in [-0.2, -0.15) is 5.48 Å². The third-order valence-corrected chi connectivity index (χ3v) is 3.57. The summed E-state index contributed by atoms with van der Waals surface area (Å²) in [6.07, 6.45) is 9.66. The SMILES string of the molecule is CC/C(=C\C(ONC)=C(C)C)OCC1CCCCC1. The topological polar surface area (TPSA) is 30.5 Å². The maximum atomic E-state index is 5.98. The molecule has 0 atom stereocenters. The van der Waals surface area contributed by atoms with Crippen molar-refractivity contribution in [2.45, 2.75) is 59.3 Å². The zero-order valence-electron chi connectivity index (χ0n) is 12.9. The average Bonchev–Trinajstić information content (AvgIpc) is 2.43. The maximum absolute atomic E-state index is 5.98. The predicted octanol–water partition coefficient (Wildman–Crippen LogP) is 4.32. The average molecular weight is 267 g/mol. The van der Waals surface area contributed by atoms with Crippen molar-refractivity contribution < 1.29 is 9.57 Å². The van der Waals surface area contributed by atoms with Gasteiger partial charge >= 0.3 is 0 Å². The lowest BCUT2D eigenvalue weighted by Gasteiger charge is -2.22. The van der Waals surface area contributed by atoms with Crippen molar-refractivity contribution in [2.24, 2.45) is 5.92 Å². The molecule has 0 aromatic heterocycles. The van der Waals surface area contributed by atoms with Gasteiger partial charge in [-0.15, -0.1) is 0 Å².